The summed E-state index contributed by atoms with van der Waals surface area (Å²) in [6.45, 7) is 12.6. The molecule has 0 fully saturated rings. The fourth-order valence-corrected chi connectivity index (χ4v) is 6.57. The number of benzene rings is 5. The van der Waals surface area contributed by atoms with Crippen LogP contribution in [0, 0.1) is 13.8 Å². The number of hydrogen-bond acceptors (Lipinski definition) is 1. The third-order valence-electron chi connectivity index (χ3n) is 7.28. The van der Waals surface area contributed by atoms with Gasteiger partial charge in [-0.15, -0.1) is 11.3 Å². The lowest BCUT2D eigenvalue weighted by Crippen LogP contribution is -1.91. The summed E-state index contributed by atoms with van der Waals surface area (Å²) in [5.41, 5.74) is 8.92. The number of rotatable bonds is 4. The summed E-state index contributed by atoms with van der Waals surface area (Å²) >= 11 is 1.90. The van der Waals surface area contributed by atoms with Crippen LogP contribution >= 0.6 is 11.3 Å². The van der Waals surface area contributed by atoms with E-state index in [1.165, 1.54) is 69.9 Å². The molecule has 0 saturated carbocycles. The monoisotopic (exact) mass is 522 g/mol. The van der Waals surface area contributed by atoms with Crippen molar-refractivity contribution in [3.63, 3.8) is 0 Å². The lowest BCUT2D eigenvalue weighted by molar-refractivity contribution is 1.44. The van der Waals surface area contributed by atoms with Crippen LogP contribution in [0.3, 0.4) is 0 Å². The van der Waals surface area contributed by atoms with Crippen LogP contribution < -0.4 is 0 Å². The molecule has 0 saturated heterocycles. The Morgan fingerprint density at radius 2 is 1.38 bits per heavy atom. The van der Waals surface area contributed by atoms with Gasteiger partial charge in [-0.25, -0.2) is 0 Å². The highest BCUT2D eigenvalue weighted by Gasteiger charge is 2.13. The Morgan fingerprint density at radius 1 is 0.718 bits per heavy atom. The molecular weight excluding hydrogens is 488 g/mol. The molecule has 0 aliphatic heterocycles. The van der Waals surface area contributed by atoms with Crippen molar-refractivity contribution in [2.75, 3.05) is 0 Å². The van der Waals surface area contributed by atoms with Crippen molar-refractivity contribution in [2.45, 2.75) is 27.7 Å². The molecule has 1 aromatic heterocycles. The first-order chi connectivity index (χ1) is 19.0. The molecule has 0 aliphatic carbocycles. The second-order valence-electron chi connectivity index (χ2n) is 9.91. The van der Waals surface area contributed by atoms with E-state index in [0.717, 1.165) is 0 Å². The van der Waals surface area contributed by atoms with Crippen LogP contribution in [0.15, 0.2) is 134 Å². The van der Waals surface area contributed by atoms with Crippen molar-refractivity contribution in [3.8, 4) is 11.1 Å². The standard InChI is InChI=1S/C25H22S.C13H12/c1-5-9-16(3)19(6-2)20-14-12-18-13-15-22-21-10-7-8-11-23(21)26-25(22)24(18)17(20)4;1-11-7-9-13(10-8-11)12-5-3-2-4-6-12/h5-15H,2H2,1,3-4H3;2-10H,1H3/b9-5-,19-16+;. The quantitative estimate of drug-likeness (QED) is 0.202. The van der Waals surface area contributed by atoms with Gasteiger partial charge in [0.25, 0.3) is 0 Å². The van der Waals surface area contributed by atoms with Gasteiger partial charge in [-0.2, -0.15) is 0 Å². The number of allylic oxidation sites excluding steroid dienone is 5. The SMILES string of the molecule is C=C/C(=C(C)\C=C/C)c1ccc2ccc3c4ccccc4sc3c2c1C.Cc1ccc(-c2ccccc2)cc1. The summed E-state index contributed by atoms with van der Waals surface area (Å²) < 4.78 is 2.74. The van der Waals surface area contributed by atoms with E-state index in [9.17, 15) is 0 Å². The van der Waals surface area contributed by atoms with Gasteiger partial charge in [0, 0.05) is 25.6 Å². The van der Waals surface area contributed by atoms with Gasteiger partial charge in [-0.3, -0.25) is 0 Å². The molecule has 0 N–H and O–H groups in total. The Balaban J connectivity index is 0.000000198. The predicted molar refractivity (Wildman–Crippen MR) is 176 cm³/mol. The molecule has 0 aliphatic rings. The first-order valence-electron chi connectivity index (χ1n) is 13.4. The molecular formula is C38H34S. The summed E-state index contributed by atoms with van der Waals surface area (Å²) in [7, 11) is 0. The van der Waals surface area contributed by atoms with Crippen LogP contribution in [-0.4, -0.2) is 0 Å². The minimum absolute atomic E-state index is 1.21. The molecule has 6 aromatic rings. The Morgan fingerprint density at radius 3 is 2.10 bits per heavy atom. The molecule has 0 unspecified atom stereocenters. The third kappa shape index (κ3) is 5.37. The molecule has 1 heteroatoms. The van der Waals surface area contributed by atoms with Crippen molar-refractivity contribution in [2.24, 2.45) is 0 Å². The molecule has 6 rings (SSSR count). The van der Waals surface area contributed by atoms with Crippen LogP contribution in [-0.2, 0) is 0 Å². The number of hydrogen-bond donors (Lipinski definition) is 0. The van der Waals surface area contributed by atoms with Gasteiger partial charge < -0.3 is 0 Å². The van der Waals surface area contributed by atoms with Crippen LogP contribution in [0.5, 0.6) is 0 Å². The average molecular weight is 523 g/mol. The minimum atomic E-state index is 1.21. The summed E-state index contributed by atoms with van der Waals surface area (Å²) in [4.78, 5) is 0. The van der Waals surface area contributed by atoms with Gasteiger partial charge >= 0.3 is 0 Å². The van der Waals surface area contributed by atoms with Crippen molar-refractivity contribution in [1.82, 2.24) is 0 Å². The first-order valence-corrected chi connectivity index (χ1v) is 14.3. The number of aryl methyl sites for hydroxylation is 2. The summed E-state index contributed by atoms with van der Waals surface area (Å²) in [5.74, 6) is 0. The molecule has 0 nitrogen and oxygen atoms in total. The van der Waals surface area contributed by atoms with Gasteiger partial charge in [-0.05, 0) is 72.5 Å². The zero-order chi connectivity index (χ0) is 27.4. The fourth-order valence-electron chi connectivity index (χ4n) is 5.25. The third-order valence-corrected chi connectivity index (χ3v) is 8.49. The van der Waals surface area contributed by atoms with Gasteiger partial charge in [0.2, 0.25) is 0 Å². The maximum Gasteiger partial charge on any atom is 0.0436 e. The second kappa shape index (κ2) is 11.7. The molecule has 1 heterocycles. The van der Waals surface area contributed by atoms with Crippen LogP contribution in [0.4, 0.5) is 0 Å². The summed E-state index contributed by atoms with van der Waals surface area (Å²) in [5, 5.41) is 5.38. The topological polar surface area (TPSA) is 0 Å². The van der Waals surface area contributed by atoms with E-state index in [1.807, 2.05) is 23.5 Å². The average Bonchev–Trinajstić information content (AvgIpc) is 3.35. The van der Waals surface area contributed by atoms with Crippen molar-refractivity contribution in [3.05, 3.63) is 150 Å². The largest absolute Gasteiger partial charge is 0.135 e. The molecule has 39 heavy (non-hydrogen) atoms. The van der Waals surface area contributed by atoms with Crippen molar-refractivity contribution in [1.29, 1.82) is 0 Å². The van der Waals surface area contributed by atoms with Crippen LogP contribution in [0.25, 0.3) is 47.6 Å². The van der Waals surface area contributed by atoms with E-state index in [-0.39, 0.29) is 0 Å². The number of fused-ring (bicyclic) bond motifs is 5. The maximum absolute atomic E-state index is 4.07. The Bertz CT molecular complexity index is 1830. The molecule has 0 bridgehead atoms. The summed E-state index contributed by atoms with van der Waals surface area (Å²) in [6.07, 6.45) is 6.22. The maximum atomic E-state index is 4.07. The van der Waals surface area contributed by atoms with Crippen molar-refractivity contribution < 1.29 is 0 Å². The van der Waals surface area contributed by atoms with E-state index in [0.29, 0.717) is 0 Å². The van der Waals surface area contributed by atoms with E-state index in [2.05, 4.69) is 143 Å². The minimum Gasteiger partial charge on any atom is -0.135 e. The second-order valence-corrected chi connectivity index (χ2v) is 11.0. The molecule has 0 atom stereocenters. The van der Waals surface area contributed by atoms with E-state index in [1.54, 1.807) is 0 Å². The van der Waals surface area contributed by atoms with Crippen LogP contribution in [0.2, 0.25) is 0 Å². The van der Waals surface area contributed by atoms with Gasteiger partial charge in [0.05, 0.1) is 0 Å². The highest BCUT2D eigenvalue weighted by molar-refractivity contribution is 7.26. The highest BCUT2D eigenvalue weighted by Crippen LogP contribution is 2.41. The fraction of sp³-hybridized carbons (Fsp3) is 0.105. The predicted octanol–water partition coefficient (Wildman–Crippen LogP) is 11.7. The molecule has 0 amide bonds. The Labute approximate surface area is 236 Å². The van der Waals surface area contributed by atoms with E-state index in [4.69, 9.17) is 0 Å². The van der Waals surface area contributed by atoms with Crippen LogP contribution in [0.1, 0.15) is 30.5 Å². The van der Waals surface area contributed by atoms with Gasteiger partial charge in [-0.1, -0.05) is 127 Å². The van der Waals surface area contributed by atoms with Gasteiger partial charge in [0.1, 0.15) is 0 Å². The molecule has 0 spiro atoms. The zero-order valence-electron chi connectivity index (χ0n) is 23.2. The van der Waals surface area contributed by atoms with Gasteiger partial charge in [0.15, 0.2) is 0 Å². The Kier molecular flexibility index (Phi) is 7.91. The van der Waals surface area contributed by atoms with E-state index >= 15 is 0 Å². The highest BCUT2D eigenvalue weighted by atomic mass is 32.1. The normalized spacial score (nSPS) is 12.0. The lowest BCUT2D eigenvalue weighted by atomic mass is 9.91. The number of thiophene rings is 1. The van der Waals surface area contributed by atoms with Crippen molar-refractivity contribution >= 4 is 47.9 Å². The zero-order valence-corrected chi connectivity index (χ0v) is 24.0. The van der Waals surface area contributed by atoms with E-state index < -0.39 is 0 Å². The lowest BCUT2D eigenvalue weighted by Gasteiger charge is -2.13. The molecule has 0 radical (unpaired) electrons. The Hall–Kier alpha value is -4.20. The summed E-state index contributed by atoms with van der Waals surface area (Å²) in [6, 6.07) is 36.7. The smallest absolute Gasteiger partial charge is 0.0436 e. The molecule has 192 valence electrons. The molecule has 5 aromatic carbocycles. The first kappa shape index (κ1) is 26.4.